The zero-order valence-electron chi connectivity index (χ0n) is 16.6. The van der Waals surface area contributed by atoms with E-state index in [0.717, 1.165) is 0 Å². The van der Waals surface area contributed by atoms with Crippen molar-refractivity contribution in [3.63, 3.8) is 0 Å². The summed E-state index contributed by atoms with van der Waals surface area (Å²) in [6.07, 6.45) is 0. The van der Waals surface area contributed by atoms with Gasteiger partial charge in [0.1, 0.15) is 0 Å². The molecule has 1 aliphatic heterocycles. The van der Waals surface area contributed by atoms with Crippen LogP contribution in [0.3, 0.4) is 0 Å². The van der Waals surface area contributed by atoms with E-state index >= 15 is 0 Å². The maximum atomic E-state index is 13.1. The molecule has 0 atom stereocenters. The third-order valence-corrected chi connectivity index (χ3v) is 4.98. The van der Waals surface area contributed by atoms with Crippen molar-refractivity contribution in [2.45, 2.75) is 0 Å². The van der Waals surface area contributed by atoms with Crippen LogP contribution < -0.4 is 10.2 Å². The van der Waals surface area contributed by atoms with Gasteiger partial charge in [-0.15, -0.1) is 0 Å². The number of hydrogen-bond acceptors (Lipinski definition) is 6. The molecular formula is C20H21ClN4O5. The molecule has 0 saturated carbocycles. The molecule has 1 N–H and O–H groups in total. The largest absolute Gasteiger partial charge is 0.378 e. The highest BCUT2D eigenvalue weighted by molar-refractivity contribution is 6.34. The van der Waals surface area contributed by atoms with E-state index in [1.165, 1.54) is 29.2 Å². The lowest BCUT2D eigenvalue weighted by molar-refractivity contribution is -0.384. The fourth-order valence-corrected chi connectivity index (χ4v) is 3.27. The van der Waals surface area contributed by atoms with Crippen molar-refractivity contribution >= 4 is 40.5 Å². The second kappa shape index (κ2) is 9.10. The lowest BCUT2D eigenvalue weighted by Crippen LogP contribution is -2.37. The van der Waals surface area contributed by atoms with Crippen LogP contribution in [0.1, 0.15) is 20.7 Å². The highest BCUT2D eigenvalue weighted by Crippen LogP contribution is 2.29. The molecule has 30 heavy (non-hydrogen) atoms. The number of non-ortho nitro benzene ring substituents is 1. The van der Waals surface area contributed by atoms with Crippen molar-refractivity contribution in [1.82, 2.24) is 4.90 Å². The molecule has 2 aromatic rings. The molecule has 3 rings (SSSR count). The first kappa shape index (κ1) is 21.5. The fraction of sp³-hybridized carbons (Fsp3) is 0.300. The average Bonchev–Trinajstić information content (AvgIpc) is 2.74. The van der Waals surface area contributed by atoms with Gasteiger partial charge >= 0.3 is 0 Å². The summed E-state index contributed by atoms with van der Waals surface area (Å²) in [7, 11) is 3.24. The standard InChI is InChI=1S/C20H21ClN4O5/c1-23(2)20(27)13-3-5-16(21)17(11-13)22-19(26)15-12-14(25(28)29)4-6-18(15)24-7-9-30-10-8-24/h3-6,11-12H,7-10H2,1-2H3,(H,22,26). The molecule has 10 heteroatoms. The van der Waals surface area contributed by atoms with Gasteiger partial charge in [-0.2, -0.15) is 0 Å². The number of ether oxygens (including phenoxy) is 1. The monoisotopic (exact) mass is 432 g/mol. The Morgan fingerprint density at radius 3 is 2.50 bits per heavy atom. The normalized spacial score (nSPS) is 13.6. The summed E-state index contributed by atoms with van der Waals surface area (Å²) in [5.74, 6) is -0.803. The molecule has 1 heterocycles. The van der Waals surface area contributed by atoms with E-state index in [2.05, 4.69) is 5.32 Å². The molecule has 2 aromatic carbocycles. The number of hydrogen-bond donors (Lipinski definition) is 1. The molecule has 1 saturated heterocycles. The summed E-state index contributed by atoms with van der Waals surface area (Å²) in [6, 6.07) is 8.73. The first-order chi connectivity index (χ1) is 14.3. The van der Waals surface area contributed by atoms with Crippen molar-refractivity contribution in [2.75, 3.05) is 50.6 Å². The zero-order valence-corrected chi connectivity index (χ0v) is 17.3. The number of nitrogens with zero attached hydrogens (tertiary/aromatic N) is 3. The van der Waals surface area contributed by atoms with E-state index in [1.54, 1.807) is 26.2 Å². The van der Waals surface area contributed by atoms with Gasteiger partial charge in [-0.3, -0.25) is 19.7 Å². The molecule has 0 bridgehead atoms. The van der Waals surface area contributed by atoms with Gasteiger partial charge in [0.15, 0.2) is 0 Å². The third kappa shape index (κ3) is 4.69. The van der Waals surface area contributed by atoms with Crippen molar-refractivity contribution in [2.24, 2.45) is 0 Å². The minimum atomic E-state index is -0.559. The molecule has 0 aliphatic carbocycles. The summed E-state index contributed by atoms with van der Waals surface area (Å²) in [6.45, 7) is 2.12. The van der Waals surface area contributed by atoms with E-state index in [9.17, 15) is 19.7 Å². The quantitative estimate of drug-likeness (QED) is 0.575. The van der Waals surface area contributed by atoms with Crippen LogP contribution >= 0.6 is 11.6 Å². The second-order valence-corrected chi connectivity index (χ2v) is 7.31. The van der Waals surface area contributed by atoms with Gasteiger partial charge in [0.05, 0.1) is 40.1 Å². The summed E-state index contributed by atoms with van der Waals surface area (Å²) >= 11 is 6.21. The first-order valence-electron chi connectivity index (χ1n) is 9.21. The van der Waals surface area contributed by atoms with Crippen molar-refractivity contribution < 1.29 is 19.2 Å². The van der Waals surface area contributed by atoms with Crippen LogP contribution in [0.5, 0.6) is 0 Å². The molecule has 1 fully saturated rings. The van der Waals surface area contributed by atoms with E-state index < -0.39 is 10.8 Å². The number of nitro groups is 1. The van der Waals surface area contributed by atoms with Gasteiger partial charge in [0, 0.05) is 44.9 Å². The lowest BCUT2D eigenvalue weighted by Gasteiger charge is -2.30. The maximum Gasteiger partial charge on any atom is 0.270 e. The Morgan fingerprint density at radius 1 is 1.17 bits per heavy atom. The van der Waals surface area contributed by atoms with Crippen LogP contribution in [0.25, 0.3) is 0 Å². The molecule has 2 amide bonds. The Bertz CT molecular complexity index is 989. The van der Waals surface area contributed by atoms with E-state index in [-0.39, 0.29) is 27.9 Å². The first-order valence-corrected chi connectivity index (χ1v) is 9.59. The predicted molar refractivity (Wildman–Crippen MR) is 114 cm³/mol. The zero-order chi connectivity index (χ0) is 21.8. The van der Waals surface area contributed by atoms with Crippen molar-refractivity contribution in [3.05, 3.63) is 62.7 Å². The number of amides is 2. The molecule has 158 valence electrons. The smallest absolute Gasteiger partial charge is 0.270 e. The van der Waals surface area contributed by atoms with Crippen LogP contribution in [0.4, 0.5) is 17.1 Å². The Kier molecular flexibility index (Phi) is 6.53. The molecule has 1 aliphatic rings. The predicted octanol–water partition coefficient (Wildman–Crippen LogP) is 3.04. The van der Waals surface area contributed by atoms with Crippen LogP contribution in [0, 0.1) is 10.1 Å². The van der Waals surface area contributed by atoms with E-state index in [0.29, 0.717) is 37.6 Å². The minimum absolute atomic E-state index is 0.145. The third-order valence-electron chi connectivity index (χ3n) is 4.66. The Hall–Kier alpha value is -3.17. The van der Waals surface area contributed by atoms with Crippen LogP contribution in [-0.4, -0.2) is 62.0 Å². The summed E-state index contributed by atoms with van der Waals surface area (Å²) in [4.78, 5) is 39.3. The fourth-order valence-electron chi connectivity index (χ4n) is 3.10. The number of anilines is 2. The molecule has 0 radical (unpaired) electrons. The van der Waals surface area contributed by atoms with Crippen LogP contribution in [0.15, 0.2) is 36.4 Å². The number of benzene rings is 2. The van der Waals surface area contributed by atoms with Crippen LogP contribution in [-0.2, 0) is 4.74 Å². The molecule has 9 nitrogen and oxygen atoms in total. The van der Waals surface area contributed by atoms with Gasteiger partial charge in [-0.05, 0) is 24.3 Å². The highest BCUT2D eigenvalue weighted by atomic mass is 35.5. The van der Waals surface area contributed by atoms with Gasteiger partial charge in [0.2, 0.25) is 0 Å². The molecule has 0 spiro atoms. The topological polar surface area (TPSA) is 105 Å². The summed E-state index contributed by atoms with van der Waals surface area (Å²) in [5, 5.41) is 14.2. The van der Waals surface area contributed by atoms with E-state index in [4.69, 9.17) is 16.3 Å². The number of morpholine rings is 1. The number of rotatable bonds is 5. The average molecular weight is 433 g/mol. The number of carbonyl (C=O) groups excluding carboxylic acids is 2. The summed E-state index contributed by atoms with van der Waals surface area (Å²) in [5.41, 5.74) is 1.12. The number of halogens is 1. The van der Waals surface area contributed by atoms with Crippen molar-refractivity contribution in [3.8, 4) is 0 Å². The van der Waals surface area contributed by atoms with Gasteiger partial charge in [0.25, 0.3) is 17.5 Å². The molecule has 0 aromatic heterocycles. The van der Waals surface area contributed by atoms with E-state index in [1.807, 2.05) is 4.90 Å². The Morgan fingerprint density at radius 2 is 1.87 bits per heavy atom. The highest BCUT2D eigenvalue weighted by Gasteiger charge is 2.23. The second-order valence-electron chi connectivity index (χ2n) is 6.91. The summed E-state index contributed by atoms with van der Waals surface area (Å²) < 4.78 is 5.35. The van der Waals surface area contributed by atoms with Gasteiger partial charge in [-0.1, -0.05) is 11.6 Å². The number of nitro benzene ring substituents is 1. The number of nitrogens with one attached hydrogen (secondary N) is 1. The Labute approximate surface area is 178 Å². The van der Waals surface area contributed by atoms with Gasteiger partial charge in [-0.25, -0.2) is 0 Å². The number of carbonyl (C=O) groups is 2. The molecular weight excluding hydrogens is 412 g/mol. The maximum absolute atomic E-state index is 13.1. The van der Waals surface area contributed by atoms with Crippen LogP contribution in [0.2, 0.25) is 5.02 Å². The lowest BCUT2D eigenvalue weighted by atomic mass is 10.1. The molecule has 0 unspecified atom stereocenters. The van der Waals surface area contributed by atoms with Crippen molar-refractivity contribution in [1.29, 1.82) is 0 Å². The van der Waals surface area contributed by atoms with Gasteiger partial charge < -0.3 is 19.9 Å². The Balaban J connectivity index is 1.96. The minimum Gasteiger partial charge on any atom is -0.378 e. The SMILES string of the molecule is CN(C)C(=O)c1ccc(Cl)c(NC(=O)c2cc([N+](=O)[O-])ccc2N2CCOCC2)c1.